The molecular formula is C20H18N4O2. The molecule has 0 aliphatic heterocycles. The number of rotatable bonds is 4. The van der Waals surface area contributed by atoms with E-state index in [9.17, 15) is 9.59 Å². The molecule has 130 valence electrons. The summed E-state index contributed by atoms with van der Waals surface area (Å²) < 4.78 is 0. The number of aryl methyl sites for hydroxylation is 1. The fourth-order valence-corrected chi connectivity index (χ4v) is 2.41. The van der Waals surface area contributed by atoms with Crippen molar-refractivity contribution in [2.75, 3.05) is 16.4 Å². The van der Waals surface area contributed by atoms with Crippen molar-refractivity contribution in [2.24, 2.45) is 0 Å². The Morgan fingerprint density at radius 3 is 2.35 bits per heavy atom. The van der Waals surface area contributed by atoms with Crippen LogP contribution < -0.4 is 16.4 Å². The Labute approximate surface area is 151 Å². The van der Waals surface area contributed by atoms with E-state index in [1.165, 1.54) is 12.3 Å². The summed E-state index contributed by atoms with van der Waals surface area (Å²) in [7, 11) is 0. The lowest BCUT2D eigenvalue weighted by molar-refractivity contribution is 0.101. The molecule has 0 fully saturated rings. The first-order valence-electron chi connectivity index (χ1n) is 8.03. The monoisotopic (exact) mass is 346 g/mol. The Kier molecular flexibility index (Phi) is 4.94. The number of carbonyl (C=O) groups is 2. The smallest absolute Gasteiger partial charge is 0.274 e. The van der Waals surface area contributed by atoms with E-state index in [4.69, 9.17) is 5.73 Å². The maximum Gasteiger partial charge on any atom is 0.274 e. The number of amides is 2. The molecule has 2 aromatic carbocycles. The highest BCUT2D eigenvalue weighted by Gasteiger charge is 2.13. The van der Waals surface area contributed by atoms with E-state index in [2.05, 4.69) is 15.6 Å². The highest BCUT2D eigenvalue weighted by Crippen LogP contribution is 2.24. The van der Waals surface area contributed by atoms with Gasteiger partial charge in [-0.3, -0.25) is 14.6 Å². The van der Waals surface area contributed by atoms with Crippen LogP contribution in [0, 0.1) is 6.92 Å². The Morgan fingerprint density at radius 1 is 0.885 bits per heavy atom. The van der Waals surface area contributed by atoms with E-state index in [-0.39, 0.29) is 11.6 Å². The average molecular weight is 346 g/mol. The number of nitrogens with zero attached hydrogens (tertiary/aromatic N) is 1. The van der Waals surface area contributed by atoms with E-state index in [1.807, 2.05) is 19.1 Å². The zero-order valence-electron chi connectivity index (χ0n) is 14.2. The minimum Gasteiger partial charge on any atom is -0.399 e. The van der Waals surface area contributed by atoms with Crippen LogP contribution >= 0.6 is 0 Å². The second-order valence-electron chi connectivity index (χ2n) is 5.80. The van der Waals surface area contributed by atoms with Gasteiger partial charge in [-0.15, -0.1) is 0 Å². The molecule has 0 spiro atoms. The maximum atomic E-state index is 12.4. The molecule has 0 bridgehead atoms. The Morgan fingerprint density at radius 2 is 1.62 bits per heavy atom. The van der Waals surface area contributed by atoms with Gasteiger partial charge in [0.25, 0.3) is 11.8 Å². The molecule has 4 N–H and O–H groups in total. The van der Waals surface area contributed by atoms with Crippen molar-refractivity contribution in [3.05, 3.63) is 83.7 Å². The molecule has 1 heterocycles. The third-order valence-corrected chi connectivity index (χ3v) is 3.72. The molecule has 0 saturated carbocycles. The van der Waals surface area contributed by atoms with Crippen LogP contribution in [-0.4, -0.2) is 16.8 Å². The van der Waals surface area contributed by atoms with Crippen molar-refractivity contribution in [3.8, 4) is 0 Å². The molecular weight excluding hydrogens is 328 g/mol. The molecule has 0 atom stereocenters. The maximum absolute atomic E-state index is 12.4. The minimum atomic E-state index is -0.405. The van der Waals surface area contributed by atoms with Crippen LogP contribution in [0.5, 0.6) is 0 Å². The van der Waals surface area contributed by atoms with Gasteiger partial charge in [-0.2, -0.15) is 0 Å². The van der Waals surface area contributed by atoms with Gasteiger partial charge in [-0.1, -0.05) is 24.3 Å². The van der Waals surface area contributed by atoms with Crippen molar-refractivity contribution < 1.29 is 9.59 Å². The zero-order valence-corrected chi connectivity index (χ0v) is 14.2. The molecule has 0 radical (unpaired) electrons. The highest BCUT2D eigenvalue weighted by atomic mass is 16.2. The van der Waals surface area contributed by atoms with Crippen LogP contribution in [0.1, 0.15) is 26.4 Å². The summed E-state index contributed by atoms with van der Waals surface area (Å²) in [4.78, 5) is 28.9. The molecule has 0 aliphatic rings. The van der Waals surface area contributed by atoms with Crippen LogP contribution in [0.25, 0.3) is 0 Å². The predicted octanol–water partition coefficient (Wildman–Crippen LogP) is 3.48. The second-order valence-corrected chi connectivity index (χ2v) is 5.80. The summed E-state index contributed by atoms with van der Waals surface area (Å²) in [6.07, 6.45) is 1.47. The highest BCUT2D eigenvalue weighted by molar-refractivity contribution is 6.09. The van der Waals surface area contributed by atoms with E-state index in [1.54, 1.807) is 42.5 Å². The first kappa shape index (κ1) is 17.2. The van der Waals surface area contributed by atoms with Gasteiger partial charge in [-0.05, 0) is 48.9 Å². The van der Waals surface area contributed by atoms with Crippen molar-refractivity contribution in [1.82, 2.24) is 4.98 Å². The first-order valence-corrected chi connectivity index (χ1v) is 8.03. The molecule has 6 nitrogen and oxygen atoms in total. The number of carbonyl (C=O) groups excluding carboxylic acids is 2. The third kappa shape index (κ3) is 4.05. The summed E-state index contributed by atoms with van der Waals surface area (Å²) in [6, 6.07) is 17.3. The van der Waals surface area contributed by atoms with Crippen LogP contribution in [0.15, 0.2) is 66.9 Å². The van der Waals surface area contributed by atoms with Gasteiger partial charge in [0.15, 0.2) is 0 Å². The zero-order chi connectivity index (χ0) is 18.5. The standard InChI is InChI=1S/C20H18N4O2/c1-13-7-8-16(23-19(25)14-5-3-2-4-6-14)17(11-13)24-20(26)18-12-15(21)9-10-22-18/h2-12H,1H3,(H2,21,22)(H,23,25)(H,24,26). The van der Waals surface area contributed by atoms with Gasteiger partial charge in [0.1, 0.15) is 5.69 Å². The van der Waals surface area contributed by atoms with Crippen molar-refractivity contribution >= 4 is 28.9 Å². The van der Waals surface area contributed by atoms with Gasteiger partial charge in [0.05, 0.1) is 11.4 Å². The summed E-state index contributed by atoms with van der Waals surface area (Å²) in [5, 5.41) is 5.60. The second kappa shape index (κ2) is 7.48. The molecule has 3 rings (SSSR count). The number of hydrogen-bond acceptors (Lipinski definition) is 4. The SMILES string of the molecule is Cc1ccc(NC(=O)c2ccccc2)c(NC(=O)c2cc(N)ccn2)c1. The quantitative estimate of drug-likeness (QED) is 0.674. The van der Waals surface area contributed by atoms with Gasteiger partial charge in [0.2, 0.25) is 0 Å². The van der Waals surface area contributed by atoms with Gasteiger partial charge in [0, 0.05) is 17.4 Å². The molecule has 0 saturated heterocycles. The number of nitrogens with two attached hydrogens (primary N) is 1. The number of anilines is 3. The molecule has 6 heteroatoms. The largest absolute Gasteiger partial charge is 0.399 e. The van der Waals surface area contributed by atoms with E-state index >= 15 is 0 Å². The Hall–Kier alpha value is -3.67. The lowest BCUT2D eigenvalue weighted by Crippen LogP contribution is -2.17. The summed E-state index contributed by atoms with van der Waals surface area (Å²) in [6.45, 7) is 1.90. The Balaban J connectivity index is 1.84. The Bertz CT molecular complexity index is 955. The number of pyridine rings is 1. The number of nitrogen functional groups attached to an aromatic ring is 1. The van der Waals surface area contributed by atoms with Crippen molar-refractivity contribution in [1.29, 1.82) is 0 Å². The number of aromatic nitrogens is 1. The van der Waals surface area contributed by atoms with Gasteiger partial charge in [-0.25, -0.2) is 0 Å². The van der Waals surface area contributed by atoms with Gasteiger partial charge < -0.3 is 16.4 Å². The average Bonchev–Trinajstić information content (AvgIpc) is 2.64. The molecule has 1 aromatic heterocycles. The molecule has 3 aromatic rings. The lowest BCUT2D eigenvalue weighted by Gasteiger charge is -2.13. The minimum absolute atomic E-state index is 0.201. The number of benzene rings is 2. The predicted molar refractivity (Wildman–Crippen MR) is 102 cm³/mol. The fraction of sp³-hybridized carbons (Fsp3) is 0.0500. The third-order valence-electron chi connectivity index (χ3n) is 3.72. The first-order chi connectivity index (χ1) is 12.5. The van der Waals surface area contributed by atoms with E-state index in [0.717, 1.165) is 5.56 Å². The summed E-state index contributed by atoms with van der Waals surface area (Å²) >= 11 is 0. The van der Waals surface area contributed by atoms with Crippen LogP contribution in [0.2, 0.25) is 0 Å². The molecule has 2 amide bonds. The van der Waals surface area contributed by atoms with E-state index in [0.29, 0.717) is 22.6 Å². The number of nitrogens with one attached hydrogen (secondary N) is 2. The normalized spacial score (nSPS) is 10.2. The fourth-order valence-electron chi connectivity index (χ4n) is 2.41. The molecule has 26 heavy (non-hydrogen) atoms. The van der Waals surface area contributed by atoms with Crippen molar-refractivity contribution in [2.45, 2.75) is 6.92 Å². The molecule has 0 unspecified atom stereocenters. The van der Waals surface area contributed by atoms with Crippen LogP contribution in [0.4, 0.5) is 17.1 Å². The summed E-state index contributed by atoms with van der Waals surface area (Å²) in [5.74, 6) is -0.662. The topological polar surface area (TPSA) is 97.1 Å². The van der Waals surface area contributed by atoms with Crippen LogP contribution in [-0.2, 0) is 0 Å². The summed E-state index contributed by atoms with van der Waals surface area (Å²) in [5.41, 5.74) is 8.81. The van der Waals surface area contributed by atoms with Crippen molar-refractivity contribution in [3.63, 3.8) is 0 Å². The molecule has 0 aliphatic carbocycles. The number of hydrogen-bond donors (Lipinski definition) is 3. The van der Waals surface area contributed by atoms with Gasteiger partial charge >= 0.3 is 0 Å². The van der Waals surface area contributed by atoms with Crippen LogP contribution in [0.3, 0.4) is 0 Å². The lowest BCUT2D eigenvalue weighted by atomic mass is 10.1. The van der Waals surface area contributed by atoms with E-state index < -0.39 is 5.91 Å².